The molecule has 5 nitrogen and oxygen atoms in total. The Morgan fingerprint density at radius 2 is 2.11 bits per heavy atom. The van der Waals surface area contributed by atoms with E-state index in [2.05, 4.69) is 33.8 Å². The summed E-state index contributed by atoms with van der Waals surface area (Å²) in [5.74, 6) is 0.818. The fraction of sp³-hybridized carbons (Fsp3) is 0.615. The molecule has 104 valence electrons. The molecule has 0 amide bonds. The summed E-state index contributed by atoms with van der Waals surface area (Å²) in [7, 11) is 0. The summed E-state index contributed by atoms with van der Waals surface area (Å²) in [5, 5.41) is 8.16. The highest BCUT2D eigenvalue weighted by Crippen LogP contribution is 2.19. The van der Waals surface area contributed by atoms with Crippen molar-refractivity contribution >= 4 is 23.0 Å². The summed E-state index contributed by atoms with van der Waals surface area (Å²) >= 11 is 5.08. The Morgan fingerprint density at radius 1 is 1.42 bits per heavy atom. The smallest absolute Gasteiger partial charge is 0.161 e. The molecular weight excluding hydrogens is 258 g/mol. The SMILES string of the molecule is CCC(C)N1CCN(c2nnccc2C(N)=S)CC1. The number of nitrogens with zero attached hydrogens (tertiary/aromatic N) is 4. The van der Waals surface area contributed by atoms with Gasteiger partial charge < -0.3 is 10.6 Å². The summed E-state index contributed by atoms with van der Waals surface area (Å²) in [6.45, 7) is 8.48. The first-order chi connectivity index (χ1) is 9.13. The third kappa shape index (κ3) is 3.19. The van der Waals surface area contributed by atoms with Crippen molar-refractivity contribution in [3.8, 4) is 0 Å². The molecule has 0 bridgehead atoms. The molecule has 1 aliphatic heterocycles. The van der Waals surface area contributed by atoms with Crippen molar-refractivity contribution < 1.29 is 0 Å². The summed E-state index contributed by atoms with van der Waals surface area (Å²) in [6.07, 6.45) is 2.82. The van der Waals surface area contributed by atoms with Crippen molar-refractivity contribution in [2.24, 2.45) is 5.73 Å². The number of piperazine rings is 1. The van der Waals surface area contributed by atoms with Gasteiger partial charge >= 0.3 is 0 Å². The molecule has 1 fully saturated rings. The molecule has 0 aliphatic carbocycles. The molecule has 6 heteroatoms. The summed E-state index contributed by atoms with van der Waals surface area (Å²) in [6, 6.07) is 2.48. The van der Waals surface area contributed by atoms with Crippen LogP contribution in [0.3, 0.4) is 0 Å². The van der Waals surface area contributed by atoms with Crippen molar-refractivity contribution in [2.75, 3.05) is 31.1 Å². The lowest BCUT2D eigenvalue weighted by Gasteiger charge is -2.38. The van der Waals surface area contributed by atoms with E-state index < -0.39 is 0 Å². The molecule has 1 atom stereocenters. The average Bonchev–Trinajstić information content (AvgIpc) is 2.46. The highest BCUT2D eigenvalue weighted by Gasteiger charge is 2.23. The van der Waals surface area contributed by atoms with E-state index >= 15 is 0 Å². The van der Waals surface area contributed by atoms with Gasteiger partial charge in [0.05, 0.1) is 11.8 Å². The molecule has 1 unspecified atom stereocenters. The Hall–Kier alpha value is -1.27. The quantitative estimate of drug-likeness (QED) is 0.831. The average molecular weight is 279 g/mol. The maximum absolute atomic E-state index is 5.74. The lowest BCUT2D eigenvalue weighted by Crippen LogP contribution is -2.50. The van der Waals surface area contributed by atoms with Gasteiger partial charge in [-0.1, -0.05) is 19.1 Å². The molecule has 1 aliphatic rings. The lowest BCUT2D eigenvalue weighted by atomic mass is 10.1. The summed E-state index contributed by atoms with van der Waals surface area (Å²) < 4.78 is 0. The van der Waals surface area contributed by atoms with Crippen LogP contribution in [0.4, 0.5) is 5.82 Å². The molecule has 2 N–H and O–H groups in total. The Balaban J connectivity index is 2.08. The number of rotatable bonds is 4. The second-order valence-corrected chi connectivity index (χ2v) is 5.35. The fourth-order valence-electron chi connectivity index (χ4n) is 2.38. The van der Waals surface area contributed by atoms with E-state index in [1.165, 1.54) is 6.42 Å². The van der Waals surface area contributed by atoms with Crippen molar-refractivity contribution in [3.05, 3.63) is 17.8 Å². The fourth-order valence-corrected chi connectivity index (χ4v) is 2.54. The molecule has 2 heterocycles. The molecule has 0 aromatic carbocycles. The van der Waals surface area contributed by atoms with Crippen LogP contribution in [-0.2, 0) is 0 Å². The minimum Gasteiger partial charge on any atom is -0.389 e. The minimum atomic E-state index is 0.384. The van der Waals surface area contributed by atoms with E-state index in [4.69, 9.17) is 18.0 Å². The van der Waals surface area contributed by atoms with Gasteiger partial charge in [0, 0.05) is 32.2 Å². The van der Waals surface area contributed by atoms with Crippen LogP contribution in [0.15, 0.2) is 12.3 Å². The van der Waals surface area contributed by atoms with Crippen LogP contribution in [0.5, 0.6) is 0 Å². The van der Waals surface area contributed by atoms with Crippen LogP contribution < -0.4 is 10.6 Å². The van der Waals surface area contributed by atoms with E-state index in [1.807, 2.05) is 6.07 Å². The molecule has 19 heavy (non-hydrogen) atoms. The van der Waals surface area contributed by atoms with E-state index in [1.54, 1.807) is 6.20 Å². The Labute approximate surface area is 119 Å². The van der Waals surface area contributed by atoms with Crippen LogP contribution in [0.25, 0.3) is 0 Å². The first-order valence-corrected chi connectivity index (χ1v) is 7.14. The normalized spacial score (nSPS) is 18.3. The van der Waals surface area contributed by atoms with E-state index in [0.29, 0.717) is 11.0 Å². The molecule has 1 aromatic rings. The van der Waals surface area contributed by atoms with E-state index in [9.17, 15) is 0 Å². The Morgan fingerprint density at radius 3 is 2.68 bits per heavy atom. The monoisotopic (exact) mass is 279 g/mol. The third-order valence-electron chi connectivity index (χ3n) is 3.79. The predicted molar refractivity (Wildman–Crippen MR) is 81.5 cm³/mol. The van der Waals surface area contributed by atoms with Gasteiger partial charge in [-0.25, -0.2) is 0 Å². The summed E-state index contributed by atoms with van der Waals surface area (Å²) in [5.41, 5.74) is 6.57. The zero-order chi connectivity index (χ0) is 13.8. The maximum atomic E-state index is 5.74. The lowest BCUT2D eigenvalue weighted by molar-refractivity contribution is 0.192. The van der Waals surface area contributed by atoms with Crippen molar-refractivity contribution in [1.29, 1.82) is 0 Å². The van der Waals surface area contributed by atoms with Gasteiger partial charge in [0.15, 0.2) is 5.82 Å². The van der Waals surface area contributed by atoms with Crippen LogP contribution >= 0.6 is 12.2 Å². The highest BCUT2D eigenvalue weighted by molar-refractivity contribution is 7.80. The second kappa shape index (κ2) is 6.25. The Bertz CT molecular complexity index is 442. The zero-order valence-electron chi connectivity index (χ0n) is 11.5. The van der Waals surface area contributed by atoms with Crippen LogP contribution in [-0.4, -0.2) is 52.3 Å². The van der Waals surface area contributed by atoms with Gasteiger partial charge in [-0.2, -0.15) is 5.10 Å². The number of thiocarbonyl (C=S) groups is 1. The molecule has 1 saturated heterocycles. The first-order valence-electron chi connectivity index (χ1n) is 6.74. The van der Waals surface area contributed by atoms with Gasteiger partial charge in [-0.3, -0.25) is 4.90 Å². The number of anilines is 1. The molecule has 1 aromatic heterocycles. The highest BCUT2D eigenvalue weighted by atomic mass is 32.1. The van der Waals surface area contributed by atoms with Gasteiger partial charge in [0.25, 0.3) is 0 Å². The van der Waals surface area contributed by atoms with Gasteiger partial charge in [-0.15, -0.1) is 5.10 Å². The van der Waals surface area contributed by atoms with Gasteiger partial charge in [-0.05, 0) is 19.4 Å². The van der Waals surface area contributed by atoms with Crippen LogP contribution in [0, 0.1) is 0 Å². The van der Waals surface area contributed by atoms with Crippen molar-refractivity contribution in [3.63, 3.8) is 0 Å². The third-order valence-corrected chi connectivity index (χ3v) is 4.01. The minimum absolute atomic E-state index is 0.384. The molecule has 0 radical (unpaired) electrons. The number of hydrogen-bond acceptors (Lipinski definition) is 5. The largest absolute Gasteiger partial charge is 0.389 e. The summed E-state index contributed by atoms with van der Waals surface area (Å²) in [4.78, 5) is 5.11. The van der Waals surface area contributed by atoms with Crippen LogP contribution in [0.1, 0.15) is 25.8 Å². The predicted octanol–water partition coefficient (Wildman–Crippen LogP) is 1.03. The van der Waals surface area contributed by atoms with Crippen molar-refractivity contribution in [2.45, 2.75) is 26.3 Å². The molecule has 0 spiro atoms. The van der Waals surface area contributed by atoms with Gasteiger partial charge in [0.1, 0.15) is 4.99 Å². The first kappa shape index (κ1) is 14.1. The van der Waals surface area contributed by atoms with Gasteiger partial charge in [0.2, 0.25) is 0 Å². The molecule has 2 rings (SSSR count). The molecule has 0 saturated carbocycles. The standard InChI is InChI=1S/C13H21N5S/c1-3-10(2)17-6-8-18(9-7-17)13-11(12(14)19)4-5-15-16-13/h4-5,10H,3,6-9H2,1-2H3,(H2,14,19). The zero-order valence-corrected chi connectivity index (χ0v) is 12.4. The number of hydrogen-bond donors (Lipinski definition) is 1. The maximum Gasteiger partial charge on any atom is 0.161 e. The number of nitrogens with two attached hydrogens (primary N) is 1. The van der Waals surface area contributed by atoms with E-state index in [-0.39, 0.29) is 0 Å². The van der Waals surface area contributed by atoms with Crippen molar-refractivity contribution in [1.82, 2.24) is 15.1 Å². The second-order valence-electron chi connectivity index (χ2n) is 4.91. The van der Waals surface area contributed by atoms with E-state index in [0.717, 1.165) is 37.6 Å². The topological polar surface area (TPSA) is 58.3 Å². The van der Waals surface area contributed by atoms with Crippen LogP contribution in [0.2, 0.25) is 0 Å². The Kier molecular flexibility index (Phi) is 4.66. The number of aromatic nitrogens is 2. The molecular formula is C13H21N5S.